The van der Waals surface area contributed by atoms with Crippen LogP contribution in [0, 0.1) is 17.8 Å². The molecule has 162 valence electrons. The van der Waals surface area contributed by atoms with Gasteiger partial charge in [-0.15, -0.1) is 0 Å². The molecule has 1 heterocycles. The van der Waals surface area contributed by atoms with Crippen LogP contribution in [0.3, 0.4) is 0 Å². The third-order valence-corrected chi connectivity index (χ3v) is 5.45. The Kier molecular flexibility index (Phi) is 8.35. The van der Waals surface area contributed by atoms with E-state index in [-0.39, 0.29) is 29.6 Å². The van der Waals surface area contributed by atoms with E-state index in [4.69, 9.17) is 9.47 Å². The number of nitrogens with zero attached hydrogens (tertiary/aromatic N) is 1. The molecule has 1 N–H and O–H groups in total. The monoisotopic (exact) mass is 404 g/mol. The Bertz CT molecular complexity index is 702. The molecule has 0 bridgehead atoms. The maximum atomic E-state index is 13.0. The van der Waals surface area contributed by atoms with E-state index >= 15 is 0 Å². The predicted molar refractivity (Wildman–Crippen MR) is 114 cm³/mol. The first-order chi connectivity index (χ1) is 13.8. The zero-order valence-corrected chi connectivity index (χ0v) is 18.7. The number of methoxy groups -OCH3 is 2. The molecule has 1 aliphatic heterocycles. The van der Waals surface area contributed by atoms with Crippen molar-refractivity contribution in [3.8, 4) is 11.5 Å². The summed E-state index contributed by atoms with van der Waals surface area (Å²) in [6.07, 6.45) is 1.43. The van der Waals surface area contributed by atoms with Crippen LogP contribution in [-0.4, -0.2) is 50.6 Å². The molecule has 0 aliphatic carbocycles. The minimum absolute atomic E-state index is 0.00775. The summed E-state index contributed by atoms with van der Waals surface area (Å²) in [6.45, 7) is 9.97. The number of carbonyl (C=O) groups is 2. The molecule has 0 spiro atoms. The SMILES string of the molecule is COc1ccc([C@@H]2CN(C(=O)CC(C)C)C[C@H]2C(=O)NCCC(C)C)c(OC)c1. The lowest BCUT2D eigenvalue weighted by molar-refractivity contribution is -0.131. The number of benzene rings is 1. The molecule has 2 rings (SSSR count). The van der Waals surface area contributed by atoms with Crippen molar-refractivity contribution in [2.24, 2.45) is 17.8 Å². The molecule has 6 nitrogen and oxygen atoms in total. The van der Waals surface area contributed by atoms with Crippen LogP contribution in [0.4, 0.5) is 0 Å². The van der Waals surface area contributed by atoms with E-state index in [1.54, 1.807) is 14.2 Å². The summed E-state index contributed by atoms with van der Waals surface area (Å²) in [5.41, 5.74) is 0.942. The normalized spacial score (nSPS) is 19.0. The van der Waals surface area contributed by atoms with Crippen molar-refractivity contribution < 1.29 is 19.1 Å². The maximum absolute atomic E-state index is 13.0. The second-order valence-corrected chi connectivity index (χ2v) is 8.69. The highest BCUT2D eigenvalue weighted by Gasteiger charge is 2.41. The lowest BCUT2D eigenvalue weighted by Gasteiger charge is -2.21. The van der Waals surface area contributed by atoms with Gasteiger partial charge in [-0.2, -0.15) is 0 Å². The van der Waals surface area contributed by atoms with E-state index in [2.05, 4.69) is 19.2 Å². The zero-order chi connectivity index (χ0) is 21.6. The van der Waals surface area contributed by atoms with Gasteiger partial charge >= 0.3 is 0 Å². The average Bonchev–Trinajstić information content (AvgIpc) is 3.12. The fraction of sp³-hybridized carbons (Fsp3) is 0.652. The number of rotatable bonds is 9. The van der Waals surface area contributed by atoms with Crippen LogP contribution < -0.4 is 14.8 Å². The summed E-state index contributed by atoms with van der Waals surface area (Å²) < 4.78 is 10.9. The largest absolute Gasteiger partial charge is 0.497 e. The first-order valence-electron chi connectivity index (χ1n) is 10.5. The van der Waals surface area contributed by atoms with Gasteiger partial charge in [0.25, 0.3) is 0 Å². The van der Waals surface area contributed by atoms with Gasteiger partial charge in [0.2, 0.25) is 11.8 Å². The highest BCUT2D eigenvalue weighted by atomic mass is 16.5. The number of carbonyl (C=O) groups excluding carboxylic acids is 2. The topological polar surface area (TPSA) is 67.9 Å². The molecule has 0 radical (unpaired) electrons. The molecule has 0 aromatic heterocycles. The van der Waals surface area contributed by atoms with Crippen molar-refractivity contribution in [2.45, 2.75) is 46.5 Å². The minimum atomic E-state index is -0.291. The molecule has 1 fully saturated rings. The molecule has 6 heteroatoms. The van der Waals surface area contributed by atoms with Crippen LogP contribution in [0.1, 0.15) is 52.0 Å². The Morgan fingerprint density at radius 2 is 1.83 bits per heavy atom. The van der Waals surface area contributed by atoms with Gasteiger partial charge in [-0.25, -0.2) is 0 Å². The molecule has 2 atom stereocenters. The standard InChI is InChI=1S/C23H36N2O4/c1-15(2)9-10-24-23(27)20-14-25(22(26)11-16(3)4)13-19(20)18-8-7-17(28-5)12-21(18)29-6/h7-8,12,15-16,19-20H,9-11,13-14H2,1-6H3,(H,24,27)/t19-,20+/m0/s1. The van der Waals surface area contributed by atoms with Gasteiger partial charge in [-0.1, -0.05) is 33.8 Å². The maximum Gasteiger partial charge on any atom is 0.225 e. The molecule has 0 unspecified atom stereocenters. The highest BCUT2D eigenvalue weighted by Crippen LogP contribution is 2.39. The average molecular weight is 405 g/mol. The molecule has 1 aliphatic rings. The Morgan fingerprint density at radius 3 is 2.41 bits per heavy atom. The van der Waals surface area contributed by atoms with Crippen LogP contribution >= 0.6 is 0 Å². The Balaban J connectivity index is 2.27. The molecule has 1 aromatic rings. The number of likely N-dealkylation sites (tertiary alicyclic amines) is 1. The second kappa shape index (κ2) is 10.5. The Hall–Kier alpha value is -2.24. The third-order valence-electron chi connectivity index (χ3n) is 5.45. The zero-order valence-electron chi connectivity index (χ0n) is 18.7. The van der Waals surface area contributed by atoms with Crippen LogP contribution in [0.5, 0.6) is 11.5 Å². The van der Waals surface area contributed by atoms with Gasteiger partial charge in [0.1, 0.15) is 11.5 Å². The Morgan fingerprint density at radius 1 is 1.10 bits per heavy atom. The second-order valence-electron chi connectivity index (χ2n) is 8.69. The smallest absolute Gasteiger partial charge is 0.225 e. The summed E-state index contributed by atoms with van der Waals surface area (Å²) in [4.78, 5) is 27.5. The van der Waals surface area contributed by atoms with Crippen molar-refractivity contribution in [1.82, 2.24) is 10.2 Å². The minimum Gasteiger partial charge on any atom is -0.497 e. The molecule has 2 amide bonds. The van der Waals surface area contributed by atoms with Gasteiger partial charge in [0.05, 0.1) is 20.1 Å². The van der Waals surface area contributed by atoms with Crippen molar-refractivity contribution in [1.29, 1.82) is 0 Å². The summed E-state index contributed by atoms with van der Waals surface area (Å²) >= 11 is 0. The van der Waals surface area contributed by atoms with Crippen molar-refractivity contribution >= 4 is 11.8 Å². The lowest BCUT2D eigenvalue weighted by Crippen LogP contribution is -2.36. The molecular weight excluding hydrogens is 368 g/mol. The van der Waals surface area contributed by atoms with Crippen molar-refractivity contribution in [3.05, 3.63) is 23.8 Å². The molecule has 29 heavy (non-hydrogen) atoms. The van der Waals surface area contributed by atoms with Gasteiger partial charge < -0.3 is 19.7 Å². The first kappa shape index (κ1) is 23.0. The molecular formula is C23H36N2O4. The lowest BCUT2D eigenvalue weighted by atomic mass is 9.87. The summed E-state index contributed by atoms with van der Waals surface area (Å²) in [6, 6.07) is 5.67. The van der Waals surface area contributed by atoms with E-state index in [0.29, 0.717) is 43.5 Å². The third kappa shape index (κ3) is 6.12. The van der Waals surface area contributed by atoms with Crippen molar-refractivity contribution in [3.63, 3.8) is 0 Å². The van der Waals surface area contributed by atoms with E-state index in [0.717, 1.165) is 12.0 Å². The number of nitrogens with one attached hydrogen (secondary N) is 1. The number of hydrogen-bond donors (Lipinski definition) is 1. The van der Waals surface area contributed by atoms with E-state index < -0.39 is 0 Å². The Labute approximate surface area is 174 Å². The van der Waals surface area contributed by atoms with E-state index in [1.165, 1.54) is 0 Å². The molecule has 1 aromatic carbocycles. The number of hydrogen-bond acceptors (Lipinski definition) is 4. The highest BCUT2D eigenvalue weighted by molar-refractivity contribution is 5.83. The van der Waals surface area contributed by atoms with Gasteiger partial charge in [0.15, 0.2) is 0 Å². The number of amides is 2. The van der Waals surface area contributed by atoms with Gasteiger partial charge in [-0.3, -0.25) is 9.59 Å². The summed E-state index contributed by atoms with van der Waals surface area (Å²) in [7, 11) is 3.23. The van der Waals surface area contributed by atoms with E-state index in [1.807, 2.05) is 36.9 Å². The van der Waals surface area contributed by atoms with Crippen LogP contribution in [0.15, 0.2) is 18.2 Å². The predicted octanol–water partition coefficient (Wildman–Crippen LogP) is 3.45. The van der Waals surface area contributed by atoms with Crippen LogP contribution in [-0.2, 0) is 9.59 Å². The van der Waals surface area contributed by atoms with Crippen LogP contribution in [0.2, 0.25) is 0 Å². The molecule has 1 saturated heterocycles. The van der Waals surface area contributed by atoms with Crippen LogP contribution in [0.25, 0.3) is 0 Å². The fourth-order valence-corrected chi connectivity index (χ4v) is 3.81. The van der Waals surface area contributed by atoms with Gasteiger partial charge in [0, 0.05) is 43.6 Å². The van der Waals surface area contributed by atoms with Gasteiger partial charge in [-0.05, 0) is 24.3 Å². The number of ether oxygens (including phenoxy) is 2. The van der Waals surface area contributed by atoms with E-state index in [9.17, 15) is 9.59 Å². The summed E-state index contributed by atoms with van der Waals surface area (Å²) in [5, 5.41) is 3.07. The first-order valence-corrected chi connectivity index (χ1v) is 10.5. The summed E-state index contributed by atoms with van der Waals surface area (Å²) in [5.74, 6) is 1.92. The fourth-order valence-electron chi connectivity index (χ4n) is 3.81. The quantitative estimate of drug-likeness (QED) is 0.684. The van der Waals surface area contributed by atoms with Crippen molar-refractivity contribution in [2.75, 3.05) is 33.9 Å². The molecule has 0 saturated carbocycles.